The quantitative estimate of drug-likeness (QED) is 0.877. The summed E-state index contributed by atoms with van der Waals surface area (Å²) in [6.07, 6.45) is 10.5. The fourth-order valence-corrected chi connectivity index (χ4v) is 3.60. The Morgan fingerprint density at radius 3 is 2.96 bits per heavy atom. The van der Waals surface area contributed by atoms with E-state index in [0.717, 1.165) is 13.0 Å². The van der Waals surface area contributed by atoms with Gasteiger partial charge in [0.2, 0.25) is 0 Å². The minimum absolute atomic E-state index is 0.190. The minimum atomic E-state index is -0.505. The zero-order chi connectivity index (χ0) is 16.5. The van der Waals surface area contributed by atoms with E-state index in [9.17, 15) is 9.90 Å². The van der Waals surface area contributed by atoms with Gasteiger partial charge in [-0.15, -0.1) is 0 Å². The molecule has 2 fully saturated rings. The standard InChI is InChI=1S/C18H22N4O2/c23-17-8-12(10-22-6-5-19-11-22)7-15(17)21-18(24)16-9-14(3-4-20-16)13-1-2-13/h3-6,9,11-13,15,17,23H,1-2,7-8,10H2,(H,21,24)/t12?,15-,17-/m1/s1. The number of hydrogen-bond donors (Lipinski definition) is 2. The Kier molecular flexibility index (Phi) is 4.06. The summed E-state index contributed by atoms with van der Waals surface area (Å²) in [5.74, 6) is 0.742. The van der Waals surface area contributed by atoms with Crippen LogP contribution in [0.3, 0.4) is 0 Å². The lowest BCUT2D eigenvalue weighted by molar-refractivity contribution is 0.0868. The van der Waals surface area contributed by atoms with Crippen LogP contribution >= 0.6 is 0 Å². The highest BCUT2D eigenvalue weighted by molar-refractivity contribution is 5.92. The van der Waals surface area contributed by atoms with Crippen molar-refractivity contribution in [2.75, 3.05) is 0 Å². The number of carbonyl (C=O) groups is 1. The van der Waals surface area contributed by atoms with Gasteiger partial charge in [-0.25, -0.2) is 4.98 Å². The van der Waals surface area contributed by atoms with Crippen molar-refractivity contribution in [1.82, 2.24) is 19.9 Å². The van der Waals surface area contributed by atoms with Crippen molar-refractivity contribution in [3.8, 4) is 0 Å². The van der Waals surface area contributed by atoms with Gasteiger partial charge in [-0.2, -0.15) is 0 Å². The summed E-state index contributed by atoms with van der Waals surface area (Å²) in [5.41, 5.74) is 1.64. The van der Waals surface area contributed by atoms with Crippen LogP contribution in [0.2, 0.25) is 0 Å². The molecule has 24 heavy (non-hydrogen) atoms. The minimum Gasteiger partial charge on any atom is -0.391 e. The molecule has 0 spiro atoms. The first-order chi connectivity index (χ1) is 11.7. The number of carbonyl (C=O) groups excluding carboxylic acids is 1. The number of aliphatic hydroxyl groups is 1. The lowest BCUT2D eigenvalue weighted by atomic mass is 10.1. The molecular weight excluding hydrogens is 304 g/mol. The monoisotopic (exact) mass is 326 g/mol. The molecule has 2 N–H and O–H groups in total. The molecule has 2 saturated carbocycles. The van der Waals surface area contributed by atoms with Crippen molar-refractivity contribution >= 4 is 5.91 Å². The van der Waals surface area contributed by atoms with E-state index >= 15 is 0 Å². The number of nitrogens with zero attached hydrogens (tertiary/aromatic N) is 3. The molecule has 2 heterocycles. The van der Waals surface area contributed by atoms with E-state index in [1.54, 1.807) is 18.7 Å². The second kappa shape index (κ2) is 6.36. The lowest BCUT2D eigenvalue weighted by Crippen LogP contribution is -2.40. The van der Waals surface area contributed by atoms with E-state index in [-0.39, 0.29) is 11.9 Å². The van der Waals surface area contributed by atoms with Crippen LogP contribution in [0.4, 0.5) is 0 Å². The molecule has 1 amide bonds. The first-order valence-corrected chi connectivity index (χ1v) is 8.59. The smallest absolute Gasteiger partial charge is 0.270 e. The predicted molar refractivity (Wildman–Crippen MR) is 88.4 cm³/mol. The maximum Gasteiger partial charge on any atom is 0.270 e. The van der Waals surface area contributed by atoms with Crippen LogP contribution in [-0.4, -0.2) is 37.7 Å². The molecule has 0 aromatic carbocycles. The third-order valence-electron chi connectivity index (χ3n) is 5.04. The molecule has 6 heteroatoms. The summed E-state index contributed by atoms with van der Waals surface area (Å²) >= 11 is 0. The Morgan fingerprint density at radius 2 is 2.21 bits per heavy atom. The van der Waals surface area contributed by atoms with Crippen molar-refractivity contribution in [1.29, 1.82) is 0 Å². The van der Waals surface area contributed by atoms with Gasteiger partial charge in [-0.3, -0.25) is 9.78 Å². The van der Waals surface area contributed by atoms with Gasteiger partial charge in [0.15, 0.2) is 0 Å². The van der Waals surface area contributed by atoms with Crippen molar-refractivity contribution in [3.05, 3.63) is 48.3 Å². The van der Waals surface area contributed by atoms with Crippen molar-refractivity contribution in [3.63, 3.8) is 0 Å². The number of amides is 1. The van der Waals surface area contributed by atoms with Crippen LogP contribution in [-0.2, 0) is 6.54 Å². The highest BCUT2D eigenvalue weighted by atomic mass is 16.3. The van der Waals surface area contributed by atoms with Crippen molar-refractivity contribution in [2.24, 2.45) is 5.92 Å². The van der Waals surface area contributed by atoms with Gasteiger partial charge in [0.1, 0.15) is 5.69 Å². The molecule has 0 aliphatic heterocycles. The summed E-state index contributed by atoms with van der Waals surface area (Å²) in [4.78, 5) is 20.7. The molecule has 0 radical (unpaired) electrons. The Hall–Kier alpha value is -2.21. The zero-order valence-corrected chi connectivity index (χ0v) is 13.5. The van der Waals surface area contributed by atoms with E-state index in [1.807, 2.05) is 22.9 Å². The SMILES string of the molecule is O=C(N[C@@H]1CC(Cn2ccnc2)C[C@H]1O)c1cc(C2CC2)ccn1. The van der Waals surface area contributed by atoms with Crippen molar-refractivity contribution in [2.45, 2.75) is 50.3 Å². The number of nitrogens with one attached hydrogen (secondary N) is 1. The molecule has 2 aromatic heterocycles. The van der Waals surface area contributed by atoms with Crippen LogP contribution in [0.1, 0.15) is 47.7 Å². The normalized spacial score (nSPS) is 26.5. The van der Waals surface area contributed by atoms with Gasteiger partial charge in [-0.05, 0) is 55.2 Å². The third kappa shape index (κ3) is 3.33. The number of aliphatic hydroxyl groups excluding tert-OH is 1. The molecule has 6 nitrogen and oxygen atoms in total. The fraction of sp³-hybridized carbons (Fsp3) is 0.500. The van der Waals surface area contributed by atoms with Crippen LogP contribution in [0, 0.1) is 5.92 Å². The van der Waals surface area contributed by atoms with Gasteiger partial charge in [0.25, 0.3) is 5.91 Å². The van der Waals surface area contributed by atoms with E-state index in [4.69, 9.17) is 0 Å². The highest BCUT2D eigenvalue weighted by Gasteiger charge is 2.34. The van der Waals surface area contributed by atoms with Gasteiger partial charge >= 0.3 is 0 Å². The Labute approximate surface area is 140 Å². The molecule has 2 aliphatic carbocycles. The largest absolute Gasteiger partial charge is 0.391 e. The molecule has 4 rings (SSSR count). The third-order valence-corrected chi connectivity index (χ3v) is 5.04. The van der Waals surface area contributed by atoms with Crippen molar-refractivity contribution < 1.29 is 9.90 Å². The number of rotatable bonds is 5. The topological polar surface area (TPSA) is 80.0 Å². The molecule has 1 unspecified atom stereocenters. The predicted octanol–water partition coefficient (Wildman–Crippen LogP) is 1.72. The van der Waals surface area contributed by atoms with Gasteiger partial charge in [-0.1, -0.05) is 0 Å². The lowest BCUT2D eigenvalue weighted by Gasteiger charge is -2.16. The number of imidazole rings is 1. The fourth-order valence-electron chi connectivity index (χ4n) is 3.60. The molecule has 2 aliphatic rings. The molecular formula is C18H22N4O2. The zero-order valence-electron chi connectivity index (χ0n) is 13.5. The summed E-state index contributed by atoms with van der Waals surface area (Å²) in [6.45, 7) is 0.818. The van der Waals surface area contributed by atoms with Crippen LogP contribution in [0.5, 0.6) is 0 Å². The Balaban J connectivity index is 1.37. The first kappa shape index (κ1) is 15.3. The molecule has 0 bridgehead atoms. The number of pyridine rings is 1. The van der Waals surface area contributed by atoms with Crippen LogP contribution < -0.4 is 5.32 Å². The average molecular weight is 326 g/mol. The van der Waals surface area contributed by atoms with Crippen LogP contribution in [0.15, 0.2) is 37.1 Å². The number of hydrogen-bond acceptors (Lipinski definition) is 4. The second-order valence-corrected chi connectivity index (χ2v) is 6.99. The highest BCUT2D eigenvalue weighted by Crippen LogP contribution is 2.39. The van der Waals surface area contributed by atoms with E-state index < -0.39 is 6.10 Å². The van der Waals surface area contributed by atoms with Gasteiger partial charge in [0, 0.05) is 25.1 Å². The molecule has 2 aromatic rings. The summed E-state index contributed by atoms with van der Waals surface area (Å²) in [5, 5.41) is 13.2. The second-order valence-electron chi connectivity index (χ2n) is 6.99. The maximum atomic E-state index is 12.5. The van der Waals surface area contributed by atoms with Gasteiger partial charge in [0.05, 0.1) is 18.5 Å². The summed E-state index contributed by atoms with van der Waals surface area (Å²) < 4.78 is 2.02. The Bertz CT molecular complexity index is 712. The van der Waals surface area contributed by atoms with E-state index in [2.05, 4.69) is 15.3 Å². The molecule has 126 valence electrons. The molecule has 0 saturated heterocycles. The first-order valence-electron chi connectivity index (χ1n) is 8.59. The van der Waals surface area contributed by atoms with Crippen LogP contribution in [0.25, 0.3) is 0 Å². The Morgan fingerprint density at radius 1 is 1.33 bits per heavy atom. The summed E-state index contributed by atoms with van der Waals surface area (Å²) in [6, 6.07) is 3.66. The molecule has 3 atom stereocenters. The van der Waals surface area contributed by atoms with E-state index in [0.29, 0.717) is 24.0 Å². The number of aromatic nitrogens is 3. The summed E-state index contributed by atoms with van der Waals surface area (Å²) in [7, 11) is 0. The van der Waals surface area contributed by atoms with E-state index in [1.165, 1.54) is 18.4 Å². The van der Waals surface area contributed by atoms with Gasteiger partial charge < -0.3 is 15.0 Å². The average Bonchev–Trinajstić information content (AvgIpc) is 3.22. The maximum absolute atomic E-state index is 12.5.